The molecule has 0 bridgehead atoms. The largest absolute Gasteiger partial charge is 0.394 e. The summed E-state index contributed by atoms with van der Waals surface area (Å²) in [6.45, 7) is 2.56. The Labute approximate surface area is 100 Å². The molecule has 0 aliphatic heterocycles. The topological polar surface area (TPSA) is 74.2 Å². The minimum atomic E-state index is -0.181. The van der Waals surface area contributed by atoms with Gasteiger partial charge in [-0.25, -0.2) is 0 Å². The van der Waals surface area contributed by atoms with Gasteiger partial charge in [0.25, 0.3) is 5.91 Å². The zero-order chi connectivity index (χ0) is 12.3. The zero-order valence-corrected chi connectivity index (χ0v) is 9.86. The Morgan fingerprint density at radius 3 is 2.94 bits per heavy atom. The van der Waals surface area contributed by atoms with Crippen LogP contribution in [-0.2, 0) is 0 Å². The number of amides is 1. The SMILES string of the molecule is CCNC(=O)c1cc(NC2(CO)CC2)ccn1. The molecule has 1 fully saturated rings. The maximum Gasteiger partial charge on any atom is 0.269 e. The monoisotopic (exact) mass is 235 g/mol. The fraction of sp³-hybridized carbons (Fsp3) is 0.500. The lowest BCUT2D eigenvalue weighted by Crippen LogP contribution is -2.27. The lowest BCUT2D eigenvalue weighted by Gasteiger charge is -2.16. The van der Waals surface area contributed by atoms with Gasteiger partial charge in [-0.3, -0.25) is 9.78 Å². The second kappa shape index (κ2) is 4.71. The van der Waals surface area contributed by atoms with E-state index in [1.54, 1.807) is 18.3 Å². The smallest absolute Gasteiger partial charge is 0.269 e. The van der Waals surface area contributed by atoms with Crippen molar-refractivity contribution in [2.24, 2.45) is 0 Å². The Morgan fingerprint density at radius 1 is 1.59 bits per heavy atom. The van der Waals surface area contributed by atoms with E-state index in [0.717, 1.165) is 18.5 Å². The van der Waals surface area contributed by atoms with Crippen molar-refractivity contribution in [2.45, 2.75) is 25.3 Å². The van der Waals surface area contributed by atoms with E-state index in [1.807, 2.05) is 6.92 Å². The molecule has 92 valence electrons. The summed E-state index contributed by atoms with van der Waals surface area (Å²) in [5.74, 6) is -0.176. The fourth-order valence-corrected chi connectivity index (χ4v) is 1.66. The third kappa shape index (κ3) is 2.74. The van der Waals surface area contributed by atoms with Gasteiger partial charge in [-0.1, -0.05) is 0 Å². The fourth-order valence-electron chi connectivity index (χ4n) is 1.66. The summed E-state index contributed by atoms with van der Waals surface area (Å²) in [5.41, 5.74) is 1.04. The van der Waals surface area contributed by atoms with Crippen LogP contribution in [0.4, 0.5) is 5.69 Å². The van der Waals surface area contributed by atoms with Crippen LogP contribution in [0.3, 0.4) is 0 Å². The van der Waals surface area contributed by atoms with Crippen LogP contribution in [-0.4, -0.2) is 34.7 Å². The highest BCUT2D eigenvalue weighted by atomic mass is 16.3. The number of carbonyl (C=O) groups is 1. The quantitative estimate of drug-likeness (QED) is 0.704. The Morgan fingerprint density at radius 2 is 2.35 bits per heavy atom. The number of nitrogens with one attached hydrogen (secondary N) is 2. The molecule has 0 saturated heterocycles. The highest BCUT2D eigenvalue weighted by Gasteiger charge is 2.41. The number of aromatic nitrogens is 1. The minimum absolute atomic E-state index is 0.117. The molecule has 5 heteroatoms. The standard InChI is InChI=1S/C12H17N3O2/c1-2-13-11(17)10-7-9(3-6-14-10)15-12(8-16)4-5-12/h3,6-7,16H,2,4-5,8H2,1H3,(H,13,17)(H,14,15). The second-order valence-corrected chi connectivity index (χ2v) is 4.35. The summed E-state index contributed by atoms with van der Waals surface area (Å²) in [6.07, 6.45) is 3.52. The minimum Gasteiger partial charge on any atom is -0.394 e. The average molecular weight is 235 g/mol. The van der Waals surface area contributed by atoms with Gasteiger partial charge in [0.15, 0.2) is 0 Å². The van der Waals surface area contributed by atoms with Gasteiger partial charge in [0.2, 0.25) is 0 Å². The first-order valence-electron chi connectivity index (χ1n) is 5.82. The van der Waals surface area contributed by atoms with Gasteiger partial charge in [0.1, 0.15) is 5.69 Å². The van der Waals surface area contributed by atoms with Crippen molar-refractivity contribution in [1.82, 2.24) is 10.3 Å². The van der Waals surface area contributed by atoms with Crippen molar-refractivity contribution >= 4 is 11.6 Å². The number of aliphatic hydroxyl groups excluding tert-OH is 1. The van der Waals surface area contributed by atoms with Gasteiger partial charge in [0, 0.05) is 18.4 Å². The second-order valence-electron chi connectivity index (χ2n) is 4.35. The number of hydrogen-bond acceptors (Lipinski definition) is 4. The molecule has 0 unspecified atom stereocenters. The molecule has 3 N–H and O–H groups in total. The van der Waals surface area contributed by atoms with Crippen LogP contribution >= 0.6 is 0 Å². The summed E-state index contributed by atoms with van der Waals surface area (Å²) in [7, 11) is 0. The molecule has 2 rings (SSSR count). The molecule has 1 aromatic heterocycles. The Bertz CT molecular complexity index is 416. The van der Waals surface area contributed by atoms with E-state index in [4.69, 9.17) is 0 Å². The first-order valence-corrected chi connectivity index (χ1v) is 5.82. The summed E-state index contributed by atoms with van der Waals surface area (Å²) < 4.78 is 0. The van der Waals surface area contributed by atoms with E-state index in [1.165, 1.54) is 0 Å². The molecule has 1 amide bonds. The first-order chi connectivity index (χ1) is 8.19. The molecule has 0 spiro atoms. The van der Waals surface area contributed by atoms with Crippen LogP contribution in [0.1, 0.15) is 30.3 Å². The van der Waals surface area contributed by atoms with E-state index < -0.39 is 0 Å². The average Bonchev–Trinajstić information content (AvgIpc) is 3.10. The first kappa shape index (κ1) is 11.9. The maximum absolute atomic E-state index is 11.6. The predicted octanol–water partition coefficient (Wildman–Crippen LogP) is 0.768. The normalized spacial score (nSPS) is 16.4. The molecule has 1 aliphatic rings. The number of hydrogen-bond donors (Lipinski definition) is 3. The molecule has 1 aromatic rings. The van der Waals surface area contributed by atoms with Crippen LogP contribution in [0.15, 0.2) is 18.3 Å². The molecule has 17 heavy (non-hydrogen) atoms. The Balaban J connectivity index is 2.09. The van der Waals surface area contributed by atoms with E-state index in [-0.39, 0.29) is 18.1 Å². The van der Waals surface area contributed by atoms with Crippen LogP contribution in [0.5, 0.6) is 0 Å². The summed E-state index contributed by atoms with van der Waals surface area (Å²) in [4.78, 5) is 15.6. The summed E-state index contributed by atoms with van der Waals surface area (Å²) >= 11 is 0. The van der Waals surface area contributed by atoms with Crippen molar-refractivity contribution in [1.29, 1.82) is 0 Å². The summed E-state index contributed by atoms with van der Waals surface area (Å²) in [5, 5.41) is 15.2. The maximum atomic E-state index is 11.6. The van der Waals surface area contributed by atoms with Crippen molar-refractivity contribution < 1.29 is 9.90 Å². The number of pyridine rings is 1. The molecule has 1 saturated carbocycles. The van der Waals surface area contributed by atoms with E-state index in [0.29, 0.717) is 12.2 Å². The van der Waals surface area contributed by atoms with Gasteiger partial charge >= 0.3 is 0 Å². The Kier molecular flexibility index (Phi) is 3.28. The number of rotatable bonds is 5. The molecular formula is C12H17N3O2. The molecular weight excluding hydrogens is 218 g/mol. The van der Waals surface area contributed by atoms with Gasteiger partial charge in [-0.2, -0.15) is 0 Å². The third-order valence-corrected chi connectivity index (χ3v) is 2.90. The molecule has 0 aromatic carbocycles. The molecule has 1 aliphatic carbocycles. The van der Waals surface area contributed by atoms with Crippen molar-refractivity contribution in [3.8, 4) is 0 Å². The van der Waals surface area contributed by atoms with Gasteiger partial charge in [0.05, 0.1) is 12.1 Å². The lowest BCUT2D eigenvalue weighted by molar-refractivity contribution is 0.0951. The summed E-state index contributed by atoms with van der Waals surface area (Å²) in [6, 6.07) is 3.51. The molecule has 0 radical (unpaired) electrons. The number of carbonyl (C=O) groups excluding carboxylic acids is 1. The zero-order valence-electron chi connectivity index (χ0n) is 9.86. The van der Waals surface area contributed by atoms with Crippen LogP contribution < -0.4 is 10.6 Å². The predicted molar refractivity (Wildman–Crippen MR) is 64.9 cm³/mol. The molecule has 5 nitrogen and oxygen atoms in total. The van der Waals surface area contributed by atoms with Crippen LogP contribution in [0.25, 0.3) is 0 Å². The molecule has 0 atom stereocenters. The van der Waals surface area contributed by atoms with E-state index >= 15 is 0 Å². The van der Waals surface area contributed by atoms with Crippen molar-refractivity contribution in [3.63, 3.8) is 0 Å². The van der Waals surface area contributed by atoms with Gasteiger partial charge < -0.3 is 15.7 Å². The van der Waals surface area contributed by atoms with E-state index in [2.05, 4.69) is 15.6 Å². The van der Waals surface area contributed by atoms with Crippen molar-refractivity contribution in [2.75, 3.05) is 18.5 Å². The van der Waals surface area contributed by atoms with Crippen LogP contribution in [0.2, 0.25) is 0 Å². The highest BCUT2D eigenvalue weighted by Crippen LogP contribution is 2.38. The van der Waals surface area contributed by atoms with Crippen LogP contribution in [0, 0.1) is 0 Å². The van der Waals surface area contributed by atoms with Gasteiger partial charge in [-0.05, 0) is 31.9 Å². The third-order valence-electron chi connectivity index (χ3n) is 2.90. The highest BCUT2D eigenvalue weighted by molar-refractivity contribution is 5.93. The Hall–Kier alpha value is -1.62. The number of anilines is 1. The number of nitrogens with zero attached hydrogens (tertiary/aromatic N) is 1. The van der Waals surface area contributed by atoms with E-state index in [9.17, 15) is 9.90 Å². The van der Waals surface area contributed by atoms with Crippen molar-refractivity contribution in [3.05, 3.63) is 24.0 Å². The molecule has 1 heterocycles. The number of aliphatic hydroxyl groups is 1. The van der Waals surface area contributed by atoms with Gasteiger partial charge in [-0.15, -0.1) is 0 Å². The lowest BCUT2D eigenvalue weighted by atomic mass is 10.2.